The molecule has 1 atom stereocenters. The van der Waals surface area contributed by atoms with Gasteiger partial charge in [0.25, 0.3) is 0 Å². The summed E-state index contributed by atoms with van der Waals surface area (Å²) in [5.74, 6) is 0.219. The van der Waals surface area contributed by atoms with Crippen molar-refractivity contribution in [3.63, 3.8) is 0 Å². The number of carbonyl (C=O) groups is 1. The van der Waals surface area contributed by atoms with Crippen LogP contribution in [-0.4, -0.2) is 70.1 Å². The number of likely N-dealkylation sites (N-methyl/N-ethyl adjacent to an activating group) is 1. The van der Waals surface area contributed by atoms with Crippen LogP contribution in [0.15, 0.2) is 0 Å². The largest absolute Gasteiger partial charge is 0.468 e. The molecule has 7 heteroatoms. The fraction of sp³-hybridized carbons (Fsp3) is 0.917. The molecule has 0 aromatic heterocycles. The molecule has 0 aliphatic carbocycles. The van der Waals surface area contributed by atoms with Gasteiger partial charge >= 0.3 is 5.97 Å². The summed E-state index contributed by atoms with van der Waals surface area (Å²) in [6.45, 7) is 3.82. The molecule has 0 bridgehead atoms. The van der Waals surface area contributed by atoms with E-state index in [1.807, 2.05) is 6.92 Å². The zero-order chi connectivity index (χ0) is 14.5. The van der Waals surface area contributed by atoms with Crippen molar-refractivity contribution in [3.05, 3.63) is 0 Å². The Balaban J connectivity index is 2.36. The summed E-state index contributed by atoms with van der Waals surface area (Å²) in [7, 11) is 0.304. The monoisotopic (exact) mass is 292 g/mol. The molecular weight excluding hydrogens is 268 g/mol. The molecule has 1 heterocycles. The maximum atomic E-state index is 11.7. The average molecular weight is 292 g/mol. The van der Waals surface area contributed by atoms with Crippen LogP contribution >= 0.6 is 0 Å². The summed E-state index contributed by atoms with van der Waals surface area (Å²) < 4.78 is 27.4. The highest BCUT2D eigenvalue weighted by Crippen LogP contribution is 2.15. The third-order valence-electron chi connectivity index (χ3n) is 3.78. The van der Waals surface area contributed by atoms with Crippen molar-refractivity contribution in [2.75, 3.05) is 45.3 Å². The van der Waals surface area contributed by atoms with Gasteiger partial charge < -0.3 is 15.0 Å². The minimum Gasteiger partial charge on any atom is -0.468 e. The summed E-state index contributed by atoms with van der Waals surface area (Å²) in [6.07, 6.45) is 1.49. The lowest BCUT2D eigenvalue weighted by Gasteiger charge is -2.29. The van der Waals surface area contributed by atoms with Gasteiger partial charge in [0.2, 0.25) is 0 Å². The highest BCUT2D eigenvalue weighted by Gasteiger charge is 2.32. The first-order valence-electron chi connectivity index (χ1n) is 6.53. The number of sulfone groups is 1. The Kier molecular flexibility index (Phi) is 5.76. The fourth-order valence-corrected chi connectivity index (χ4v) is 3.46. The van der Waals surface area contributed by atoms with Gasteiger partial charge in [-0.3, -0.25) is 4.79 Å². The molecule has 1 aliphatic rings. The van der Waals surface area contributed by atoms with Gasteiger partial charge in [0.05, 0.1) is 18.6 Å². The zero-order valence-electron chi connectivity index (χ0n) is 11.9. The molecule has 1 saturated heterocycles. The Morgan fingerprint density at radius 3 is 2.42 bits per heavy atom. The van der Waals surface area contributed by atoms with Gasteiger partial charge in [-0.2, -0.15) is 0 Å². The Morgan fingerprint density at radius 2 is 1.95 bits per heavy atom. The molecule has 1 rings (SSSR count). The van der Waals surface area contributed by atoms with Gasteiger partial charge in [0.1, 0.15) is 5.54 Å². The van der Waals surface area contributed by atoms with E-state index in [1.54, 1.807) is 7.05 Å². The third-order valence-corrected chi connectivity index (χ3v) is 5.39. The summed E-state index contributed by atoms with van der Waals surface area (Å²) >= 11 is 0. The van der Waals surface area contributed by atoms with Crippen molar-refractivity contribution in [2.45, 2.75) is 25.3 Å². The highest BCUT2D eigenvalue weighted by molar-refractivity contribution is 7.91. The molecule has 1 unspecified atom stereocenters. The molecule has 6 nitrogen and oxygen atoms in total. The molecule has 0 spiro atoms. The molecular formula is C12H24N2O4S. The topological polar surface area (TPSA) is 75.7 Å². The first-order valence-corrected chi connectivity index (χ1v) is 8.35. The second-order valence-corrected chi connectivity index (χ2v) is 7.47. The summed E-state index contributed by atoms with van der Waals surface area (Å²) in [4.78, 5) is 13.8. The first-order chi connectivity index (χ1) is 8.83. The van der Waals surface area contributed by atoms with Crippen molar-refractivity contribution in [2.24, 2.45) is 0 Å². The van der Waals surface area contributed by atoms with Crippen LogP contribution in [0.1, 0.15) is 19.8 Å². The number of esters is 1. The minimum atomic E-state index is -2.82. The van der Waals surface area contributed by atoms with Gasteiger partial charge in [-0.25, -0.2) is 8.42 Å². The molecule has 0 amide bonds. The lowest BCUT2D eigenvalue weighted by atomic mass is 9.96. The lowest BCUT2D eigenvalue weighted by molar-refractivity contribution is -0.148. The molecule has 112 valence electrons. The number of rotatable bonds is 6. The van der Waals surface area contributed by atoms with Crippen molar-refractivity contribution in [1.29, 1.82) is 0 Å². The maximum absolute atomic E-state index is 11.7. The summed E-state index contributed by atoms with van der Waals surface area (Å²) in [5.41, 5.74) is -0.670. The van der Waals surface area contributed by atoms with E-state index >= 15 is 0 Å². The van der Waals surface area contributed by atoms with Gasteiger partial charge in [-0.15, -0.1) is 0 Å². The van der Waals surface area contributed by atoms with Crippen LogP contribution in [0.4, 0.5) is 0 Å². The van der Waals surface area contributed by atoms with E-state index in [4.69, 9.17) is 4.74 Å². The molecule has 19 heavy (non-hydrogen) atoms. The number of nitrogens with one attached hydrogen (secondary N) is 1. The number of hydrogen-bond donors (Lipinski definition) is 1. The molecule has 1 aliphatic heterocycles. The molecule has 1 N–H and O–H groups in total. The van der Waals surface area contributed by atoms with Gasteiger partial charge in [0.15, 0.2) is 9.84 Å². The number of hydrogen-bond acceptors (Lipinski definition) is 6. The van der Waals surface area contributed by atoms with Crippen LogP contribution in [0.3, 0.4) is 0 Å². The van der Waals surface area contributed by atoms with E-state index < -0.39 is 15.4 Å². The smallest absolute Gasteiger partial charge is 0.325 e. The van der Waals surface area contributed by atoms with Crippen LogP contribution in [0, 0.1) is 0 Å². The Bertz CT molecular complexity index is 396. The molecule has 1 fully saturated rings. The number of ether oxygens (including phenoxy) is 1. The van der Waals surface area contributed by atoms with E-state index in [2.05, 4.69) is 10.2 Å². The predicted molar refractivity (Wildman–Crippen MR) is 73.8 cm³/mol. The van der Waals surface area contributed by atoms with E-state index in [0.717, 1.165) is 13.0 Å². The lowest BCUT2D eigenvalue weighted by Crippen LogP contribution is -2.49. The predicted octanol–water partition coefficient (Wildman–Crippen LogP) is -0.352. The first kappa shape index (κ1) is 16.4. The number of carbonyl (C=O) groups excluding carboxylic acids is 1. The fourth-order valence-electron chi connectivity index (χ4n) is 2.18. The third kappa shape index (κ3) is 4.74. The molecule has 0 aromatic carbocycles. The average Bonchev–Trinajstić information content (AvgIpc) is 2.39. The Hall–Kier alpha value is -0.660. The SMILES string of the molecule is CNC(C)(CCCN1CCS(=O)(=O)CC1)C(=O)OC. The minimum absolute atomic E-state index is 0.243. The Labute approximate surface area is 115 Å². The van der Waals surface area contributed by atoms with E-state index in [9.17, 15) is 13.2 Å². The van der Waals surface area contributed by atoms with E-state index in [1.165, 1.54) is 7.11 Å². The quantitative estimate of drug-likeness (QED) is 0.674. The zero-order valence-corrected chi connectivity index (χ0v) is 12.8. The molecule has 0 saturated carbocycles. The summed E-state index contributed by atoms with van der Waals surface area (Å²) in [5, 5.41) is 2.99. The standard InChI is InChI=1S/C12H24N2O4S/c1-12(13-2,11(15)18-3)5-4-6-14-7-9-19(16,17)10-8-14/h13H,4-10H2,1-3H3. The van der Waals surface area contributed by atoms with Crippen molar-refractivity contribution in [3.8, 4) is 0 Å². The number of methoxy groups -OCH3 is 1. The van der Waals surface area contributed by atoms with Crippen molar-refractivity contribution in [1.82, 2.24) is 10.2 Å². The van der Waals surface area contributed by atoms with Crippen molar-refractivity contribution >= 4 is 15.8 Å². The van der Waals surface area contributed by atoms with Crippen LogP contribution < -0.4 is 5.32 Å². The maximum Gasteiger partial charge on any atom is 0.325 e. The second-order valence-electron chi connectivity index (χ2n) is 5.17. The highest BCUT2D eigenvalue weighted by atomic mass is 32.2. The number of nitrogens with zero attached hydrogens (tertiary/aromatic N) is 1. The van der Waals surface area contributed by atoms with Crippen LogP contribution in [0.25, 0.3) is 0 Å². The van der Waals surface area contributed by atoms with E-state index in [0.29, 0.717) is 19.5 Å². The van der Waals surface area contributed by atoms with Crippen LogP contribution in [0.2, 0.25) is 0 Å². The van der Waals surface area contributed by atoms with Crippen LogP contribution in [0.5, 0.6) is 0 Å². The van der Waals surface area contributed by atoms with Gasteiger partial charge in [-0.1, -0.05) is 0 Å². The molecule has 0 radical (unpaired) electrons. The van der Waals surface area contributed by atoms with E-state index in [-0.39, 0.29) is 17.5 Å². The van der Waals surface area contributed by atoms with Crippen LogP contribution in [-0.2, 0) is 19.4 Å². The van der Waals surface area contributed by atoms with Gasteiger partial charge in [-0.05, 0) is 33.4 Å². The Morgan fingerprint density at radius 1 is 1.37 bits per heavy atom. The molecule has 0 aromatic rings. The van der Waals surface area contributed by atoms with Gasteiger partial charge in [0, 0.05) is 13.1 Å². The second kappa shape index (κ2) is 6.67. The summed E-state index contributed by atoms with van der Waals surface area (Å²) in [6, 6.07) is 0. The normalized spacial score (nSPS) is 22.7. The van der Waals surface area contributed by atoms with Crippen molar-refractivity contribution < 1.29 is 17.9 Å².